The third-order valence-corrected chi connectivity index (χ3v) is 13.1. The quantitative estimate of drug-likeness (QED) is 0.0867. The number of anilines is 1. The molecule has 2 heterocycles. The summed E-state index contributed by atoms with van der Waals surface area (Å²) in [5.41, 5.74) is 10.3. The number of carbonyl (C=O) groups is 1. The smallest absolute Gasteiger partial charge is 0.748 e. The standard InChI is InChI=1S/C45H52N2O8S2.Na/c1-44(2)36-16-5-7-18-38(36)46(28-9-11-30-56(50,51)52)40(44)26-24-32-14-13-15-33(42(32)34-20-22-35(23-21-34)43(48)49)25-27-41-45(3,4)37-17-6-8-19-39(37)47(41)29-10-12-31-57(53,54)55;/h5-8,16-27H,9-15,28-31H2,1-4H3,(H2-,48,49,50,51,52,53,54,55);/q;+1. The van der Waals surface area contributed by atoms with Gasteiger partial charge in [0.25, 0.3) is 10.1 Å². The Kier molecular flexibility index (Phi) is 14.4. The number of carboxylic acids is 1. The Morgan fingerprint density at radius 3 is 2.14 bits per heavy atom. The molecular formula is C45H52N2NaO8S2+. The van der Waals surface area contributed by atoms with Crippen LogP contribution in [-0.2, 0) is 31.1 Å². The summed E-state index contributed by atoms with van der Waals surface area (Å²) >= 11 is 0. The fraction of sp³-hybridized carbons (Fsp3) is 0.378. The molecule has 3 aliphatic rings. The van der Waals surface area contributed by atoms with Crippen molar-refractivity contribution in [2.45, 2.75) is 83.5 Å². The van der Waals surface area contributed by atoms with Gasteiger partial charge >= 0.3 is 35.5 Å². The maximum Gasteiger partial charge on any atom is 1.00 e. The predicted octanol–water partition coefficient (Wildman–Crippen LogP) is 5.56. The van der Waals surface area contributed by atoms with Crippen molar-refractivity contribution in [2.24, 2.45) is 0 Å². The molecule has 0 saturated carbocycles. The summed E-state index contributed by atoms with van der Waals surface area (Å²) in [6.07, 6.45) is 12.9. The summed E-state index contributed by atoms with van der Waals surface area (Å²) in [5.74, 6) is -1.67. The molecule has 0 aromatic heterocycles. The summed E-state index contributed by atoms with van der Waals surface area (Å²) in [6.45, 7) is 9.88. The number of nitrogens with zero attached hydrogens (tertiary/aromatic N) is 2. The van der Waals surface area contributed by atoms with Gasteiger partial charge in [-0.25, -0.2) is 13.2 Å². The number of rotatable bonds is 15. The number of hydrogen-bond acceptors (Lipinski definition) is 7. The summed E-state index contributed by atoms with van der Waals surface area (Å²) in [6, 6.07) is 23.5. The van der Waals surface area contributed by atoms with Gasteiger partial charge in [0.05, 0.1) is 26.8 Å². The first-order valence-corrected chi connectivity index (χ1v) is 22.7. The second-order valence-electron chi connectivity index (χ2n) is 16.1. The summed E-state index contributed by atoms with van der Waals surface area (Å²) < 4.78 is 68.5. The molecule has 13 heteroatoms. The van der Waals surface area contributed by atoms with Crippen molar-refractivity contribution in [1.29, 1.82) is 0 Å². The molecule has 0 spiro atoms. The Balaban J connectivity index is 0.00000641. The molecule has 0 bridgehead atoms. The van der Waals surface area contributed by atoms with Crippen LogP contribution in [-0.4, -0.2) is 71.9 Å². The third kappa shape index (κ3) is 10.2. The van der Waals surface area contributed by atoms with E-state index in [9.17, 15) is 35.8 Å². The van der Waals surface area contributed by atoms with Crippen molar-refractivity contribution in [2.75, 3.05) is 29.5 Å². The minimum atomic E-state index is -4.30. The van der Waals surface area contributed by atoms with Crippen LogP contribution in [0.5, 0.6) is 0 Å². The van der Waals surface area contributed by atoms with E-state index in [1.807, 2.05) is 36.4 Å². The Morgan fingerprint density at radius 1 is 0.810 bits per heavy atom. The van der Waals surface area contributed by atoms with E-state index in [4.69, 9.17) is 0 Å². The van der Waals surface area contributed by atoms with Gasteiger partial charge in [-0.15, -0.1) is 0 Å². The number of fused-ring (bicyclic) bond motifs is 2. The van der Waals surface area contributed by atoms with Gasteiger partial charge in [0, 0.05) is 53.2 Å². The molecule has 2 aliphatic heterocycles. The van der Waals surface area contributed by atoms with Crippen molar-refractivity contribution in [3.63, 3.8) is 0 Å². The van der Waals surface area contributed by atoms with Crippen LogP contribution < -0.4 is 34.5 Å². The zero-order valence-electron chi connectivity index (χ0n) is 34.1. The zero-order valence-corrected chi connectivity index (χ0v) is 37.7. The maximum atomic E-state index is 11.8. The van der Waals surface area contributed by atoms with E-state index < -0.39 is 32.0 Å². The molecular weight excluding hydrogens is 784 g/mol. The molecule has 0 atom stereocenters. The normalized spacial score (nSPS) is 18.9. The van der Waals surface area contributed by atoms with Gasteiger partial charge in [-0.05, 0) is 104 Å². The second-order valence-corrected chi connectivity index (χ2v) is 19.2. The van der Waals surface area contributed by atoms with Crippen LogP contribution in [0.3, 0.4) is 0 Å². The van der Waals surface area contributed by atoms with Gasteiger partial charge in [-0.1, -0.05) is 74.5 Å². The van der Waals surface area contributed by atoms with E-state index in [1.165, 1.54) is 5.56 Å². The van der Waals surface area contributed by atoms with Crippen LogP contribution in [0.4, 0.5) is 11.4 Å². The molecule has 0 amide bonds. The van der Waals surface area contributed by atoms with Crippen LogP contribution >= 0.6 is 0 Å². The fourth-order valence-corrected chi connectivity index (χ4v) is 9.76. The van der Waals surface area contributed by atoms with Crippen LogP contribution in [0.25, 0.3) is 5.57 Å². The van der Waals surface area contributed by atoms with Gasteiger partial charge in [-0.3, -0.25) is 4.55 Å². The van der Waals surface area contributed by atoms with Gasteiger partial charge < -0.3 is 14.6 Å². The molecule has 0 fully saturated rings. The monoisotopic (exact) mass is 835 g/mol. The van der Waals surface area contributed by atoms with E-state index in [2.05, 4.69) is 85.7 Å². The largest absolute Gasteiger partial charge is 1.00 e. The minimum absolute atomic E-state index is 0. The third-order valence-electron chi connectivity index (χ3n) is 11.5. The van der Waals surface area contributed by atoms with E-state index in [-0.39, 0.29) is 58.1 Å². The fourth-order valence-electron chi connectivity index (χ4n) is 8.64. The number of unbranched alkanes of at least 4 members (excludes halogenated alkanes) is 2. The van der Waals surface area contributed by atoms with E-state index in [0.29, 0.717) is 32.4 Å². The topological polar surface area (TPSA) is 155 Å². The molecule has 2 N–H and O–H groups in total. The predicted molar refractivity (Wildman–Crippen MR) is 225 cm³/mol. The summed E-state index contributed by atoms with van der Waals surface area (Å²) in [4.78, 5) is 14.1. The Morgan fingerprint density at radius 2 is 1.47 bits per heavy atom. The first kappa shape index (κ1) is 45.5. The number of carboxylic acid groups (broad SMARTS) is 1. The molecule has 0 unspecified atom stereocenters. The van der Waals surface area contributed by atoms with E-state index in [1.54, 1.807) is 12.1 Å². The average Bonchev–Trinajstić information content (AvgIpc) is 3.50. The molecule has 302 valence electrons. The molecule has 1 aliphatic carbocycles. The SMILES string of the molecule is CC1(C)C(=CC=C2CCCC(C=CC3=[N+](CCCCS(=O)(=O)O)c4ccccc4C3(C)C)=C2c2ccc(C(=O)O)cc2)N(CCCCS(=O)(=O)[O-])c2ccccc21.[Na+]. The van der Waals surface area contributed by atoms with Crippen molar-refractivity contribution in [3.8, 4) is 0 Å². The molecule has 6 rings (SSSR count). The number of benzene rings is 3. The molecule has 0 radical (unpaired) electrons. The summed E-state index contributed by atoms with van der Waals surface area (Å²) in [7, 11) is -8.35. The van der Waals surface area contributed by atoms with Gasteiger partial charge in [0.1, 0.15) is 6.54 Å². The van der Waals surface area contributed by atoms with Crippen molar-refractivity contribution < 1.29 is 70.0 Å². The van der Waals surface area contributed by atoms with Gasteiger partial charge in [-0.2, -0.15) is 13.0 Å². The molecule has 58 heavy (non-hydrogen) atoms. The molecule has 3 aromatic rings. The average molecular weight is 836 g/mol. The van der Waals surface area contributed by atoms with Crippen molar-refractivity contribution >= 4 is 48.9 Å². The number of hydrogen-bond donors (Lipinski definition) is 2. The number of aromatic carboxylic acids is 1. The summed E-state index contributed by atoms with van der Waals surface area (Å²) in [5, 5.41) is 9.69. The van der Waals surface area contributed by atoms with Crippen LogP contribution in [0.2, 0.25) is 0 Å². The van der Waals surface area contributed by atoms with E-state index >= 15 is 0 Å². The van der Waals surface area contributed by atoms with Crippen molar-refractivity contribution in [1.82, 2.24) is 0 Å². The maximum absolute atomic E-state index is 11.8. The number of para-hydroxylation sites is 2. The second kappa shape index (κ2) is 18.3. The zero-order chi connectivity index (χ0) is 41.2. The van der Waals surface area contributed by atoms with Gasteiger partial charge in [0.15, 0.2) is 5.71 Å². The Bertz CT molecular complexity index is 2430. The number of allylic oxidation sites excluding steroid dienone is 8. The van der Waals surface area contributed by atoms with Gasteiger partial charge in [0.2, 0.25) is 5.69 Å². The molecule has 3 aromatic carbocycles. The van der Waals surface area contributed by atoms with Crippen LogP contribution in [0, 0.1) is 0 Å². The first-order valence-electron chi connectivity index (χ1n) is 19.6. The van der Waals surface area contributed by atoms with E-state index in [0.717, 1.165) is 69.9 Å². The van der Waals surface area contributed by atoms with Crippen molar-refractivity contribution in [3.05, 3.63) is 136 Å². The Labute approximate surface area is 365 Å². The van der Waals surface area contributed by atoms with Crippen LogP contribution in [0.15, 0.2) is 114 Å². The first-order chi connectivity index (χ1) is 26.9. The molecule has 0 saturated heterocycles. The Hall–Kier alpha value is -3.62. The minimum Gasteiger partial charge on any atom is -0.748 e. The molecule has 10 nitrogen and oxygen atoms in total. The van der Waals surface area contributed by atoms with Crippen LogP contribution in [0.1, 0.15) is 99.7 Å².